The second-order valence-electron chi connectivity index (χ2n) is 3.24. The first-order chi connectivity index (χ1) is 4.71. The molecule has 0 radical (unpaired) electrons. The molecular weight excluding hydrogens is 132 g/mol. The fourth-order valence-corrected chi connectivity index (χ4v) is 1.60. The fraction of sp³-hybridized carbons (Fsp3) is 1.00. The Labute approximate surface area is 59.9 Å². The Kier molecular flexibility index (Phi) is 1.27. The number of aliphatic hydroxyl groups is 1. The van der Waals surface area contributed by atoms with Gasteiger partial charge in [0.15, 0.2) is 12.6 Å². The van der Waals surface area contributed by atoms with Gasteiger partial charge in [0.1, 0.15) is 5.60 Å². The highest BCUT2D eigenvalue weighted by atomic mass is 16.8. The summed E-state index contributed by atoms with van der Waals surface area (Å²) < 4.78 is 10.5. The molecule has 0 aromatic heterocycles. The van der Waals surface area contributed by atoms with Crippen molar-refractivity contribution < 1.29 is 14.6 Å². The average molecular weight is 144 g/mol. The smallest absolute Gasteiger partial charge is 0.186 e. The fourth-order valence-electron chi connectivity index (χ4n) is 1.60. The van der Waals surface area contributed by atoms with E-state index >= 15 is 0 Å². The van der Waals surface area contributed by atoms with Crippen molar-refractivity contribution in [2.75, 3.05) is 0 Å². The first-order valence-electron chi connectivity index (χ1n) is 3.72. The molecule has 2 aliphatic heterocycles. The minimum Gasteiger partial charge on any atom is -0.366 e. The van der Waals surface area contributed by atoms with Gasteiger partial charge in [-0.05, 0) is 26.2 Å². The molecule has 3 heteroatoms. The second-order valence-corrected chi connectivity index (χ2v) is 3.24. The van der Waals surface area contributed by atoms with Crippen molar-refractivity contribution in [2.24, 2.45) is 0 Å². The maximum Gasteiger partial charge on any atom is 0.186 e. The molecule has 0 aromatic rings. The third-order valence-electron chi connectivity index (χ3n) is 2.32. The first kappa shape index (κ1) is 6.58. The summed E-state index contributed by atoms with van der Waals surface area (Å²) in [7, 11) is 0. The van der Waals surface area contributed by atoms with Gasteiger partial charge in [-0.2, -0.15) is 0 Å². The van der Waals surface area contributed by atoms with E-state index in [4.69, 9.17) is 9.47 Å². The lowest BCUT2D eigenvalue weighted by Crippen LogP contribution is -2.37. The second kappa shape index (κ2) is 1.94. The Hall–Kier alpha value is -0.120. The summed E-state index contributed by atoms with van der Waals surface area (Å²) in [5.74, 6) is 0. The van der Waals surface area contributed by atoms with Crippen LogP contribution in [0.5, 0.6) is 0 Å². The zero-order valence-corrected chi connectivity index (χ0v) is 6.04. The summed E-state index contributed by atoms with van der Waals surface area (Å²) >= 11 is 0. The highest BCUT2D eigenvalue weighted by molar-refractivity contribution is 4.87. The number of hydrogen-bond donors (Lipinski definition) is 1. The molecule has 0 amide bonds. The van der Waals surface area contributed by atoms with Crippen LogP contribution in [0.1, 0.15) is 26.2 Å². The van der Waals surface area contributed by atoms with Gasteiger partial charge in [-0.15, -0.1) is 0 Å². The first-order valence-corrected chi connectivity index (χ1v) is 3.72. The van der Waals surface area contributed by atoms with Gasteiger partial charge in [-0.3, -0.25) is 0 Å². The molecule has 2 fully saturated rings. The molecule has 0 spiro atoms. The van der Waals surface area contributed by atoms with Gasteiger partial charge < -0.3 is 14.6 Å². The van der Waals surface area contributed by atoms with Crippen LogP contribution >= 0.6 is 0 Å². The quantitative estimate of drug-likeness (QED) is 0.541. The number of rotatable bonds is 0. The van der Waals surface area contributed by atoms with E-state index in [9.17, 15) is 5.11 Å². The summed E-state index contributed by atoms with van der Waals surface area (Å²) in [4.78, 5) is 0. The molecular formula is C7H12O3. The van der Waals surface area contributed by atoms with Crippen LogP contribution in [0.2, 0.25) is 0 Å². The highest BCUT2D eigenvalue weighted by Gasteiger charge is 2.47. The van der Waals surface area contributed by atoms with Gasteiger partial charge in [0.2, 0.25) is 0 Å². The van der Waals surface area contributed by atoms with Gasteiger partial charge in [0, 0.05) is 0 Å². The minimum atomic E-state index is -0.708. The average Bonchev–Trinajstić information content (AvgIpc) is 2.04. The molecule has 1 N–H and O–H groups in total. The molecule has 1 unspecified atom stereocenters. The molecule has 58 valence electrons. The maximum atomic E-state index is 9.31. The van der Waals surface area contributed by atoms with Crippen molar-refractivity contribution in [1.29, 1.82) is 0 Å². The molecule has 2 heterocycles. The molecule has 2 saturated heterocycles. The lowest BCUT2D eigenvalue weighted by atomic mass is 9.97. The minimum absolute atomic E-state index is 0.145. The third kappa shape index (κ3) is 0.779. The number of aliphatic hydroxyl groups excluding tert-OH is 1. The number of ether oxygens (including phenoxy) is 2. The highest BCUT2D eigenvalue weighted by Crippen LogP contribution is 2.38. The molecule has 2 rings (SSSR count). The lowest BCUT2D eigenvalue weighted by molar-refractivity contribution is -0.118. The predicted molar refractivity (Wildman–Crippen MR) is 34.2 cm³/mol. The van der Waals surface area contributed by atoms with E-state index in [0.29, 0.717) is 0 Å². The van der Waals surface area contributed by atoms with Gasteiger partial charge in [0.05, 0.1) is 0 Å². The van der Waals surface area contributed by atoms with E-state index in [1.54, 1.807) is 0 Å². The van der Waals surface area contributed by atoms with Gasteiger partial charge in [-0.1, -0.05) is 0 Å². The standard InChI is InChI=1S/C7H12O3/c1-7-4-2-3-5(10-7)9-6(7)8/h5-6,8H,2-4H2,1H3/t5-,6?,7+/m1/s1. The van der Waals surface area contributed by atoms with Crippen LogP contribution < -0.4 is 0 Å². The van der Waals surface area contributed by atoms with Crippen molar-refractivity contribution in [2.45, 2.75) is 44.4 Å². The van der Waals surface area contributed by atoms with E-state index in [0.717, 1.165) is 19.3 Å². The summed E-state index contributed by atoms with van der Waals surface area (Å²) in [6, 6.07) is 0. The van der Waals surface area contributed by atoms with Crippen LogP contribution in [0.4, 0.5) is 0 Å². The van der Waals surface area contributed by atoms with Crippen molar-refractivity contribution >= 4 is 0 Å². The van der Waals surface area contributed by atoms with E-state index in [1.807, 2.05) is 6.92 Å². The Morgan fingerprint density at radius 3 is 3.00 bits per heavy atom. The Bertz CT molecular complexity index is 148. The molecule has 0 aromatic carbocycles. The lowest BCUT2D eigenvalue weighted by Gasteiger charge is -2.27. The van der Waals surface area contributed by atoms with Crippen LogP contribution in [0.15, 0.2) is 0 Å². The van der Waals surface area contributed by atoms with Gasteiger partial charge in [0.25, 0.3) is 0 Å². The zero-order valence-electron chi connectivity index (χ0n) is 6.04. The van der Waals surface area contributed by atoms with Crippen molar-refractivity contribution in [3.8, 4) is 0 Å². The summed E-state index contributed by atoms with van der Waals surface area (Å²) in [6.45, 7) is 1.90. The van der Waals surface area contributed by atoms with Gasteiger partial charge in [-0.25, -0.2) is 0 Å². The van der Waals surface area contributed by atoms with Crippen LogP contribution in [-0.2, 0) is 9.47 Å². The molecule has 2 bridgehead atoms. The van der Waals surface area contributed by atoms with E-state index in [-0.39, 0.29) is 6.29 Å². The zero-order chi connectivity index (χ0) is 7.19. The Morgan fingerprint density at radius 1 is 1.60 bits per heavy atom. The van der Waals surface area contributed by atoms with E-state index < -0.39 is 11.9 Å². The van der Waals surface area contributed by atoms with Crippen molar-refractivity contribution in [3.05, 3.63) is 0 Å². The van der Waals surface area contributed by atoms with Crippen LogP contribution in [0, 0.1) is 0 Å². The topological polar surface area (TPSA) is 38.7 Å². The summed E-state index contributed by atoms with van der Waals surface area (Å²) in [5.41, 5.74) is -0.414. The number of fused-ring (bicyclic) bond motifs is 2. The van der Waals surface area contributed by atoms with Crippen molar-refractivity contribution in [3.63, 3.8) is 0 Å². The molecule has 3 atom stereocenters. The maximum absolute atomic E-state index is 9.31. The van der Waals surface area contributed by atoms with E-state index in [1.165, 1.54) is 0 Å². The molecule has 3 nitrogen and oxygen atoms in total. The third-order valence-corrected chi connectivity index (χ3v) is 2.32. The van der Waals surface area contributed by atoms with Crippen molar-refractivity contribution in [1.82, 2.24) is 0 Å². The van der Waals surface area contributed by atoms with Crippen LogP contribution in [0.3, 0.4) is 0 Å². The Balaban J connectivity index is 2.18. The molecule has 0 saturated carbocycles. The number of hydrogen-bond acceptors (Lipinski definition) is 3. The van der Waals surface area contributed by atoms with Crippen LogP contribution in [-0.4, -0.2) is 23.3 Å². The molecule has 2 aliphatic rings. The van der Waals surface area contributed by atoms with E-state index in [2.05, 4.69) is 0 Å². The normalized spacial score (nSPS) is 53.4. The molecule has 0 aliphatic carbocycles. The summed E-state index contributed by atoms with van der Waals surface area (Å²) in [6.07, 6.45) is 2.07. The SMILES string of the molecule is C[C@]12CCC[C@H](OC1O)O2. The molecule has 10 heavy (non-hydrogen) atoms. The van der Waals surface area contributed by atoms with Crippen LogP contribution in [0.25, 0.3) is 0 Å². The predicted octanol–water partition coefficient (Wildman–Crippen LogP) is 0.620. The monoisotopic (exact) mass is 144 g/mol. The summed E-state index contributed by atoms with van der Waals surface area (Å²) in [5, 5.41) is 9.31. The Morgan fingerprint density at radius 2 is 2.40 bits per heavy atom. The largest absolute Gasteiger partial charge is 0.366 e. The van der Waals surface area contributed by atoms with Gasteiger partial charge >= 0.3 is 0 Å².